The highest BCUT2D eigenvalue weighted by molar-refractivity contribution is 6.05. The van der Waals surface area contributed by atoms with E-state index in [4.69, 9.17) is 9.05 Å². The molecule has 1 amide bonds. The molecular formula is C23H22N4O3. The number of amides is 1. The number of benzene rings is 2. The predicted octanol–water partition coefficient (Wildman–Crippen LogP) is 5.38. The van der Waals surface area contributed by atoms with Gasteiger partial charge in [-0.25, -0.2) is 0 Å². The first-order valence-corrected chi connectivity index (χ1v) is 9.71. The lowest BCUT2D eigenvalue weighted by molar-refractivity contribution is 0.0988. The molecule has 2 aromatic heterocycles. The fourth-order valence-electron chi connectivity index (χ4n) is 3.01. The molecule has 7 nitrogen and oxygen atoms in total. The molecule has 0 radical (unpaired) electrons. The Morgan fingerprint density at radius 3 is 2.47 bits per heavy atom. The van der Waals surface area contributed by atoms with E-state index in [1.807, 2.05) is 70.2 Å². The maximum absolute atomic E-state index is 12.9. The molecule has 0 fully saturated rings. The van der Waals surface area contributed by atoms with E-state index < -0.39 is 5.91 Å². The third-order valence-electron chi connectivity index (χ3n) is 4.78. The van der Waals surface area contributed by atoms with Crippen LogP contribution >= 0.6 is 0 Å². The minimum Gasteiger partial charge on any atom is -0.350 e. The normalized spacial score (nSPS) is 11.1. The number of aryl methyl sites for hydroxylation is 2. The van der Waals surface area contributed by atoms with E-state index in [1.165, 1.54) is 0 Å². The van der Waals surface area contributed by atoms with Gasteiger partial charge < -0.3 is 14.4 Å². The SMILES string of the molecule is Cc1ccc(-c2cc(C(=O)Nc3c(C)cccc3-c3nc(C(C)C)no3)on2)cc1. The Balaban J connectivity index is 1.61. The van der Waals surface area contributed by atoms with Crippen molar-refractivity contribution in [3.05, 3.63) is 71.2 Å². The highest BCUT2D eigenvalue weighted by Gasteiger charge is 2.20. The van der Waals surface area contributed by atoms with E-state index in [2.05, 4.69) is 20.6 Å². The molecule has 0 saturated carbocycles. The van der Waals surface area contributed by atoms with Crippen LogP contribution in [-0.2, 0) is 0 Å². The maximum Gasteiger partial charge on any atom is 0.294 e. The summed E-state index contributed by atoms with van der Waals surface area (Å²) in [4.78, 5) is 17.3. The van der Waals surface area contributed by atoms with Crippen molar-refractivity contribution in [2.24, 2.45) is 0 Å². The Morgan fingerprint density at radius 1 is 1.00 bits per heavy atom. The van der Waals surface area contributed by atoms with Gasteiger partial charge in [-0.05, 0) is 25.5 Å². The topological polar surface area (TPSA) is 94.1 Å². The number of carbonyl (C=O) groups is 1. The van der Waals surface area contributed by atoms with Gasteiger partial charge in [0.15, 0.2) is 5.82 Å². The van der Waals surface area contributed by atoms with Crippen molar-refractivity contribution < 1.29 is 13.8 Å². The lowest BCUT2D eigenvalue weighted by Crippen LogP contribution is -2.13. The van der Waals surface area contributed by atoms with Gasteiger partial charge in [0, 0.05) is 17.5 Å². The summed E-state index contributed by atoms with van der Waals surface area (Å²) >= 11 is 0. The van der Waals surface area contributed by atoms with Crippen LogP contribution in [0.1, 0.15) is 47.3 Å². The summed E-state index contributed by atoms with van der Waals surface area (Å²) in [5, 5.41) is 10.9. The zero-order valence-electron chi connectivity index (χ0n) is 17.3. The van der Waals surface area contributed by atoms with Crippen LogP contribution in [0.25, 0.3) is 22.7 Å². The van der Waals surface area contributed by atoms with Crippen LogP contribution in [0.4, 0.5) is 5.69 Å². The summed E-state index contributed by atoms with van der Waals surface area (Å²) in [5.41, 5.74) is 4.74. The van der Waals surface area contributed by atoms with E-state index in [-0.39, 0.29) is 11.7 Å². The van der Waals surface area contributed by atoms with Crippen LogP contribution in [-0.4, -0.2) is 21.2 Å². The van der Waals surface area contributed by atoms with Gasteiger partial charge in [-0.15, -0.1) is 0 Å². The van der Waals surface area contributed by atoms with Crippen molar-refractivity contribution in [1.82, 2.24) is 15.3 Å². The third-order valence-corrected chi connectivity index (χ3v) is 4.78. The first kappa shape index (κ1) is 19.6. The van der Waals surface area contributed by atoms with E-state index in [0.717, 1.165) is 16.7 Å². The Morgan fingerprint density at radius 2 is 1.77 bits per heavy atom. The summed E-state index contributed by atoms with van der Waals surface area (Å²) in [6.45, 7) is 7.89. The zero-order chi connectivity index (χ0) is 21.3. The Bertz CT molecular complexity index is 1190. The van der Waals surface area contributed by atoms with Crippen LogP contribution in [0.5, 0.6) is 0 Å². The molecule has 2 aromatic carbocycles. The molecule has 2 heterocycles. The second kappa shape index (κ2) is 7.94. The fraction of sp³-hybridized carbons (Fsp3) is 0.217. The van der Waals surface area contributed by atoms with Crippen LogP contribution in [0, 0.1) is 13.8 Å². The number of hydrogen-bond acceptors (Lipinski definition) is 6. The summed E-state index contributed by atoms with van der Waals surface area (Å²) < 4.78 is 10.7. The van der Waals surface area contributed by atoms with E-state index >= 15 is 0 Å². The molecule has 0 aliphatic carbocycles. The smallest absolute Gasteiger partial charge is 0.294 e. The quantitative estimate of drug-likeness (QED) is 0.481. The summed E-state index contributed by atoms with van der Waals surface area (Å²) in [5.74, 6) is 0.824. The zero-order valence-corrected chi connectivity index (χ0v) is 17.3. The molecule has 0 spiro atoms. The van der Waals surface area contributed by atoms with Gasteiger partial charge in [0.2, 0.25) is 5.76 Å². The fourth-order valence-corrected chi connectivity index (χ4v) is 3.01. The van der Waals surface area contributed by atoms with Gasteiger partial charge in [0.05, 0.1) is 11.3 Å². The van der Waals surface area contributed by atoms with Gasteiger partial charge in [0.25, 0.3) is 11.8 Å². The number of nitrogens with one attached hydrogen (secondary N) is 1. The first-order valence-electron chi connectivity index (χ1n) is 9.71. The largest absolute Gasteiger partial charge is 0.350 e. The van der Waals surface area contributed by atoms with Crippen molar-refractivity contribution in [3.8, 4) is 22.7 Å². The second-order valence-electron chi connectivity index (χ2n) is 7.51. The molecule has 4 rings (SSSR count). The van der Waals surface area contributed by atoms with Crippen molar-refractivity contribution in [2.75, 3.05) is 5.32 Å². The Hall–Kier alpha value is -3.74. The van der Waals surface area contributed by atoms with Gasteiger partial charge >= 0.3 is 0 Å². The molecule has 0 bridgehead atoms. The van der Waals surface area contributed by atoms with Crippen LogP contribution < -0.4 is 5.32 Å². The van der Waals surface area contributed by atoms with Crippen molar-refractivity contribution in [2.45, 2.75) is 33.6 Å². The monoisotopic (exact) mass is 402 g/mol. The lowest BCUT2D eigenvalue weighted by Gasteiger charge is -2.10. The number of nitrogens with zero attached hydrogens (tertiary/aromatic N) is 3. The molecule has 30 heavy (non-hydrogen) atoms. The number of para-hydroxylation sites is 1. The molecule has 152 valence electrons. The molecule has 7 heteroatoms. The van der Waals surface area contributed by atoms with E-state index in [9.17, 15) is 4.79 Å². The molecule has 0 aliphatic heterocycles. The van der Waals surface area contributed by atoms with Crippen LogP contribution in [0.2, 0.25) is 0 Å². The summed E-state index contributed by atoms with van der Waals surface area (Å²) in [6, 6.07) is 15.1. The second-order valence-corrected chi connectivity index (χ2v) is 7.51. The molecular weight excluding hydrogens is 380 g/mol. The standard InChI is InChI=1S/C23H22N4O3/c1-13(2)21-25-23(30-27-21)17-7-5-6-15(4)20(17)24-22(28)19-12-18(26-29-19)16-10-8-14(3)9-11-16/h5-13H,1-4H3,(H,24,28). The number of hydrogen-bond donors (Lipinski definition) is 1. The molecule has 0 saturated heterocycles. The number of carbonyl (C=O) groups excluding carboxylic acids is 1. The molecule has 1 N–H and O–H groups in total. The summed E-state index contributed by atoms with van der Waals surface area (Å²) in [6.07, 6.45) is 0. The van der Waals surface area contributed by atoms with Crippen LogP contribution in [0.15, 0.2) is 57.6 Å². The van der Waals surface area contributed by atoms with Crippen LogP contribution in [0.3, 0.4) is 0 Å². The van der Waals surface area contributed by atoms with Crippen molar-refractivity contribution in [1.29, 1.82) is 0 Å². The highest BCUT2D eigenvalue weighted by Crippen LogP contribution is 2.31. The van der Waals surface area contributed by atoms with E-state index in [0.29, 0.717) is 28.7 Å². The van der Waals surface area contributed by atoms with Gasteiger partial charge in [0.1, 0.15) is 5.69 Å². The molecule has 0 atom stereocenters. The average Bonchev–Trinajstić information content (AvgIpc) is 3.40. The number of aromatic nitrogens is 3. The Labute approximate surface area is 174 Å². The predicted molar refractivity (Wildman–Crippen MR) is 113 cm³/mol. The molecule has 4 aromatic rings. The van der Waals surface area contributed by atoms with Crippen molar-refractivity contribution >= 4 is 11.6 Å². The summed E-state index contributed by atoms with van der Waals surface area (Å²) in [7, 11) is 0. The average molecular weight is 402 g/mol. The van der Waals surface area contributed by atoms with Crippen molar-refractivity contribution in [3.63, 3.8) is 0 Å². The molecule has 0 aliphatic rings. The van der Waals surface area contributed by atoms with E-state index in [1.54, 1.807) is 6.07 Å². The first-order chi connectivity index (χ1) is 14.4. The number of anilines is 1. The van der Waals surface area contributed by atoms with Gasteiger partial charge in [-0.3, -0.25) is 4.79 Å². The molecule has 0 unspecified atom stereocenters. The number of rotatable bonds is 5. The highest BCUT2D eigenvalue weighted by atomic mass is 16.5. The Kier molecular flexibility index (Phi) is 5.18. The minimum atomic E-state index is -0.403. The lowest BCUT2D eigenvalue weighted by atomic mass is 10.1. The third kappa shape index (κ3) is 3.87. The van der Waals surface area contributed by atoms with Gasteiger partial charge in [-0.1, -0.05) is 66.1 Å². The minimum absolute atomic E-state index is 0.119. The van der Waals surface area contributed by atoms with Gasteiger partial charge in [-0.2, -0.15) is 4.98 Å². The maximum atomic E-state index is 12.9.